The molecule has 0 aliphatic heterocycles. The van der Waals surface area contributed by atoms with Gasteiger partial charge in [0, 0.05) is 17.0 Å². The van der Waals surface area contributed by atoms with Crippen LogP contribution in [0.2, 0.25) is 0 Å². The summed E-state index contributed by atoms with van der Waals surface area (Å²) in [5.41, 5.74) is 2.92. The second-order valence-corrected chi connectivity index (χ2v) is 5.81. The number of fused-ring (bicyclic) bond motifs is 1. The minimum Gasteiger partial charge on any atom is -0.396 e. The van der Waals surface area contributed by atoms with Crippen LogP contribution in [0.25, 0.3) is 0 Å². The van der Waals surface area contributed by atoms with Gasteiger partial charge in [0.2, 0.25) is 0 Å². The van der Waals surface area contributed by atoms with Gasteiger partial charge in [-0.2, -0.15) is 11.8 Å². The first-order valence-corrected chi connectivity index (χ1v) is 7.45. The summed E-state index contributed by atoms with van der Waals surface area (Å²) in [7, 11) is 0. The van der Waals surface area contributed by atoms with E-state index in [4.69, 9.17) is 5.11 Å². The molecule has 2 nitrogen and oxygen atoms in total. The van der Waals surface area contributed by atoms with Gasteiger partial charge in [-0.05, 0) is 30.5 Å². The lowest BCUT2D eigenvalue weighted by Gasteiger charge is -2.21. The summed E-state index contributed by atoms with van der Waals surface area (Å²) < 4.78 is 0. The monoisotopic (exact) mass is 251 g/mol. The zero-order valence-corrected chi connectivity index (χ0v) is 11.2. The molecule has 2 unspecified atom stereocenters. The summed E-state index contributed by atoms with van der Waals surface area (Å²) in [5, 5.41) is 13.2. The van der Waals surface area contributed by atoms with Crippen molar-refractivity contribution in [3.8, 4) is 0 Å². The predicted molar refractivity (Wildman–Crippen MR) is 74.5 cm³/mol. The Hall–Kier alpha value is -0.510. The average molecular weight is 251 g/mol. The quantitative estimate of drug-likeness (QED) is 0.814. The van der Waals surface area contributed by atoms with Crippen molar-refractivity contribution in [2.24, 2.45) is 0 Å². The van der Waals surface area contributed by atoms with Crippen molar-refractivity contribution in [3.63, 3.8) is 0 Å². The number of aliphatic hydroxyl groups excluding tert-OH is 1. The number of benzene rings is 1. The van der Waals surface area contributed by atoms with Crippen molar-refractivity contribution >= 4 is 11.8 Å². The van der Waals surface area contributed by atoms with E-state index in [1.165, 1.54) is 11.1 Å². The summed E-state index contributed by atoms with van der Waals surface area (Å²) in [6, 6.07) is 9.17. The summed E-state index contributed by atoms with van der Waals surface area (Å²) in [4.78, 5) is 0. The number of hydrogen-bond acceptors (Lipinski definition) is 3. The molecule has 0 amide bonds. The standard InChI is InChI=1S/C14H21NOS/c1-2-7-15-14-12-6-4-3-5-11(12)10-13(14)17-9-8-16/h3-6,13-16H,2,7-10H2,1H3. The van der Waals surface area contributed by atoms with E-state index in [1.807, 2.05) is 11.8 Å². The third-order valence-electron chi connectivity index (χ3n) is 3.22. The molecule has 94 valence electrons. The fourth-order valence-corrected chi connectivity index (χ4v) is 3.60. The second-order valence-electron chi connectivity index (χ2n) is 4.47. The van der Waals surface area contributed by atoms with Crippen LogP contribution < -0.4 is 5.32 Å². The van der Waals surface area contributed by atoms with Crippen LogP contribution in [-0.4, -0.2) is 29.3 Å². The zero-order chi connectivity index (χ0) is 12.1. The lowest BCUT2D eigenvalue weighted by Crippen LogP contribution is -2.28. The minimum absolute atomic E-state index is 0.276. The minimum atomic E-state index is 0.276. The van der Waals surface area contributed by atoms with Crippen molar-refractivity contribution in [2.45, 2.75) is 31.1 Å². The normalized spacial score (nSPS) is 22.7. The molecule has 1 aliphatic carbocycles. The van der Waals surface area contributed by atoms with Gasteiger partial charge in [0.1, 0.15) is 0 Å². The van der Waals surface area contributed by atoms with Gasteiger partial charge in [0.25, 0.3) is 0 Å². The van der Waals surface area contributed by atoms with E-state index in [2.05, 4.69) is 36.5 Å². The van der Waals surface area contributed by atoms with Crippen LogP contribution in [-0.2, 0) is 6.42 Å². The van der Waals surface area contributed by atoms with Gasteiger partial charge in [0.15, 0.2) is 0 Å². The van der Waals surface area contributed by atoms with Gasteiger partial charge in [-0.1, -0.05) is 31.2 Å². The lowest BCUT2D eigenvalue weighted by atomic mass is 10.1. The van der Waals surface area contributed by atoms with E-state index in [0.717, 1.165) is 25.1 Å². The Kier molecular flexibility index (Phi) is 4.89. The molecule has 1 aromatic rings. The van der Waals surface area contributed by atoms with Gasteiger partial charge >= 0.3 is 0 Å². The largest absolute Gasteiger partial charge is 0.396 e. The Morgan fingerprint density at radius 3 is 3.00 bits per heavy atom. The first-order chi connectivity index (χ1) is 8.36. The van der Waals surface area contributed by atoms with E-state index in [0.29, 0.717) is 11.3 Å². The number of aliphatic hydroxyl groups is 1. The van der Waals surface area contributed by atoms with Crippen molar-refractivity contribution in [1.82, 2.24) is 5.32 Å². The highest BCUT2D eigenvalue weighted by atomic mass is 32.2. The van der Waals surface area contributed by atoms with Crippen molar-refractivity contribution < 1.29 is 5.11 Å². The third-order valence-corrected chi connectivity index (χ3v) is 4.51. The van der Waals surface area contributed by atoms with E-state index in [9.17, 15) is 0 Å². The maximum atomic E-state index is 8.96. The molecule has 3 heteroatoms. The molecule has 1 aliphatic rings. The highest BCUT2D eigenvalue weighted by molar-refractivity contribution is 8.00. The smallest absolute Gasteiger partial charge is 0.0521 e. The molecule has 0 heterocycles. The first kappa shape index (κ1) is 12.9. The molecule has 2 rings (SSSR count). The maximum Gasteiger partial charge on any atom is 0.0521 e. The number of thioether (sulfide) groups is 1. The van der Waals surface area contributed by atoms with Crippen LogP contribution in [0.3, 0.4) is 0 Å². The number of hydrogen-bond donors (Lipinski definition) is 2. The SMILES string of the molecule is CCCNC1c2ccccc2CC1SCCO. The predicted octanol–water partition coefficient (Wildman–Crippen LogP) is 2.38. The van der Waals surface area contributed by atoms with E-state index >= 15 is 0 Å². The molecule has 1 aromatic carbocycles. The average Bonchev–Trinajstić information content (AvgIpc) is 2.71. The summed E-state index contributed by atoms with van der Waals surface area (Å²) >= 11 is 1.89. The zero-order valence-electron chi connectivity index (χ0n) is 10.4. The van der Waals surface area contributed by atoms with E-state index in [1.54, 1.807) is 0 Å². The molecule has 0 aromatic heterocycles. The van der Waals surface area contributed by atoms with Crippen LogP contribution >= 0.6 is 11.8 Å². The van der Waals surface area contributed by atoms with Gasteiger partial charge in [0.05, 0.1) is 6.61 Å². The third kappa shape index (κ3) is 3.03. The molecule has 0 fully saturated rings. The molecule has 0 saturated carbocycles. The molecule has 0 spiro atoms. The highest BCUT2D eigenvalue weighted by Crippen LogP contribution is 2.38. The van der Waals surface area contributed by atoms with Crippen LogP contribution in [0, 0.1) is 0 Å². The molecule has 2 N–H and O–H groups in total. The van der Waals surface area contributed by atoms with E-state index in [-0.39, 0.29) is 6.61 Å². The Balaban J connectivity index is 2.09. The highest BCUT2D eigenvalue weighted by Gasteiger charge is 2.31. The van der Waals surface area contributed by atoms with Gasteiger partial charge in [-0.3, -0.25) is 0 Å². The van der Waals surface area contributed by atoms with E-state index < -0.39 is 0 Å². The summed E-state index contributed by atoms with van der Waals surface area (Å²) in [6.07, 6.45) is 2.29. The fraction of sp³-hybridized carbons (Fsp3) is 0.571. The van der Waals surface area contributed by atoms with Crippen molar-refractivity contribution in [2.75, 3.05) is 18.9 Å². The fourth-order valence-electron chi connectivity index (χ4n) is 2.46. The first-order valence-electron chi connectivity index (χ1n) is 6.40. The molecule has 17 heavy (non-hydrogen) atoms. The van der Waals surface area contributed by atoms with Gasteiger partial charge in [-0.15, -0.1) is 0 Å². The maximum absolute atomic E-state index is 8.96. The van der Waals surface area contributed by atoms with Crippen LogP contribution in [0.15, 0.2) is 24.3 Å². The summed E-state index contributed by atoms with van der Waals surface area (Å²) in [6.45, 7) is 3.54. The Bertz CT molecular complexity index is 356. The Labute approximate surface area is 108 Å². The molecule has 0 bridgehead atoms. The van der Waals surface area contributed by atoms with Crippen LogP contribution in [0.1, 0.15) is 30.5 Å². The Morgan fingerprint density at radius 2 is 2.24 bits per heavy atom. The molecule has 2 atom stereocenters. The van der Waals surface area contributed by atoms with Gasteiger partial charge in [-0.25, -0.2) is 0 Å². The van der Waals surface area contributed by atoms with Crippen LogP contribution in [0.4, 0.5) is 0 Å². The van der Waals surface area contributed by atoms with Crippen molar-refractivity contribution in [1.29, 1.82) is 0 Å². The van der Waals surface area contributed by atoms with Gasteiger partial charge < -0.3 is 10.4 Å². The topological polar surface area (TPSA) is 32.3 Å². The van der Waals surface area contributed by atoms with Crippen LogP contribution in [0.5, 0.6) is 0 Å². The Morgan fingerprint density at radius 1 is 1.41 bits per heavy atom. The van der Waals surface area contributed by atoms with Crippen molar-refractivity contribution in [3.05, 3.63) is 35.4 Å². The number of rotatable bonds is 6. The molecular formula is C14H21NOS. The lowest BCUT2D eigenvalue weighted by molar-refractivity contribution is 0.322. The molecule has 0 radical (unpaired) electrons. The molecule has 0 saturated heterocycles. The number of nitrogens with one attached hydrogen (secondary N) is 1. The second kappa shape index (κ2) is 6.43. The summed E-state index contributed by atoms with van der Waals surface area (Å²) in [5.74, 6) is 0.836. The molecular weight excluding hydrogens is 230 g/mol.